The lowest BCUT2D eigenvalue weighted by Gasteiger charge is -2.14. The summed E-state index contributed by atoms with van der Waals surface area (Å²) < 4.78 is 2.44. The van der Waals surface area contributed by atoms with Gasteiger partial charge < -0.3 is 4.40 Å². The highest BCUT2D eigenvalue weighted by atomic mass is 15.0. The monoisotopic (exact) mass is 522 g/mol. The van der Waals surface area contributed by atoms with Gasteiger partial charge in [0, 0.05) is 16.8 Å². The average molecular weight is 523 g/mol. The van der Waals surface area contributed by atoms with Crippen LogP contribution in [0.2, 0.25) is 0 Å². The molecule has 0 radical (unpaired) electrons. The van der Waals surface area contributed by atoms with E-state index in [4.69, 9.17) is 4.98 Å². The number of para-hydroxylation sites is 2. The van der Waals surface area contributed by atoms with Crippen molar-refractivity contribution in [2.75, 3.05) is 0 Å². The summed E-state index contributed by atoms with van der Waals surface area (Å²) in [4.78, 5) is 4.85. The number of hydrogen-bond acceptors (Lipinski definition) is 1. The van der Waals surface area contributed by atoms with E-state index in [-0.39, 0.29) is 0 Å². The minimum Gasteiger partial charge on any atom is -0.309 e. The van der Waals surface area contributed by atoms with Crippen molar-refractivity contribution in [3.8, 4) is 22.3 Å². The summed E-state index contributed by atoms with van der Waals surface area (Å²) in [7, 11) is 0. The number of nitrogens with zero attached hydrogens (tertiary/aromatic N) is 2. The molecule has 2 heteroatoms. The highest BCUT2D eigenvalue weighted by molar-refractivity contribution is 6.21. The molecular weight excluding hydrogens is 496 g/mol. The molecule has 0 amide bonds. The minimum atomic E-state index is 1.03. The van der Waals surface area contributed by atoms with Gasteiger partial charge in [0.15, 0.2) is 0 Å². The van der Waals surface area contributed by atoms with Gasteiger partial charge in [-0.3, -0.25) is 4.98 Å². The Balaban J connectivity index is 1.27. The van der Waals surface area contributed by atoms with Gasteiger partial charge in [0.05, 0.1) is 22.7 Å². The van der Waals surface area contributed by atoms with Crippen LogP contribution in [-0.4, -0.2) is 9.38 Å². The summed E-state index contributed by atoms with van der Waals surface area (Å²) in [6, 6.07) is 42.1. The SMILES string of the molecule is C1=Cc2c(-c3ccc(-c4cc5c6ccccc6ccc5c5ccccc45)cc3)c3cnc4ccccc4n3c2CC1. The summed E-state index contributed by atoms with van der Waals surface area (Å²) in [5.74, 6) is 0. The second kappa shape index (κ2) is 8.64. The van der Waals surface area contributed by atoms with Crippen molar-refractivity contribution in [1.82, 2.24) is 9.38 Å². The number of rotatable bonds is 2. The van der Waals surface area contributed by atoms with Gasteiger partial charge in [-0.2, -0.15) is 0 Å². The average Bonchev–Trinajstić information content (AvgIpc) is 3.39. The molecule has 1 aliphatic carbocycles. The van der Waals surface area contributed by atoms with Gasteiger partial charge in [0.1, 0.15) is 0 Å². The lowest BCUT2D eigenvalue weighted by molar-refractivity contribution is 0.921. The van der Waals surface area contributed by atoms with Gasteiger partial charge in [-0.1, -0.05) is 109 Å². The molecule has 0 unspecified atom stereocenters. The fourth-order valence-corrected chi connectivity index (χ4v) is 7.02. The smallest absolute Gasteiger partial charge is 0.0870 e. The lowest BCUT2D eigenvalue weighted by Crippen LogP contribution is -1.99. The summed E-state index contributed by atoms with van der Waals surface area (Å²) >= 11 is 0. The molecule has 0 aliphatic heterocycles. The molecule has 0 atom stereocenters. The molecule has 0 N–H and O–H groups in total. The topological polar surface area (TPSA) is 17.3 Å². The molecule has 0 fully saturated rings. The first-order chi connectivity index (χ1) is 20.3. The standard InChI is InChI=1S/C39H26N2/c1-2-10-28-25(9-1)21-22-31-29-11-3-4-12-30(29)33(23-34(28)31)26-17-19-27(20-18-26)39-32-13-5-7-15-36(32)41-37-16-8-6-14-35(37)40-24-38(39)41/h1-6,8-14,16-24H,7,15H2. The van der Waals surface area contributed by atoms with E-state index in [1.807, 2.05) is 0 Å². The highest BCUT2D eigenvalue weighted by Gasteiger charge is 2.21. The maximum atomic E-state index is 4.85. The summed E-state index contributed by atoms with van der Waals surface area (Å²) in [5.41, 5.74) is 11.1. The molecule has 2 aromatic heterocycles. The third-order valence-electron chi connectivity index (χ3n) is 8.88. The van der Waals surface area contributed by atoms with Gasteiger partial charge in [-0.25, -0.2) is 0 Å². The maximum Gasteiger partial charge on any atom is 0.0870 e. The van der Waals surface area contributed by atoms with Crippen LogP contribution in [0.4, 0.5) is 0 Å². The minimum absolute atomic E-state index is 1.03. The van der Waals surface area contributed by atoms with Crippen LogP contribution in [0.1, 0.15) is 17.7 Å². The highest BCUT2D eigenvalue weighted by Crippen LogP contribution is 2.41. The molecule has 2 nitrogen and oxygen atoms in total. The summed E-state index contributed by atoms with van der Waals surface area (Å²) in [5, 5.41) is 7.76. The molecule has 192 valence electrons. The Morgan fingerprint density at radius 2 is 1.32 bits per heavy atom. The number of fused-ring (bicyclic) bond motifs is 10. The Morgan fingerprint density at radius 3 is 2.22 bits per heavy atom. The summed E-state index contributed by atoms with van der Waals surface area (Å²) in [6.07, 6.45) is 8.78. The Kier molecular flexibility index (Phi) is 4.76. The Labute approximate surface area is 237 Å². The Morgan fingerprint density at radius 1 is 0.585 bits per heavy atom. The van der Waals surface area contributed by atoms with Crippen molar-refractivity contribution < 1.29 is 0 Å². The van der Waals surface area contributed by atoms with Gasteiger partial charge in [0.2, 0.25) is 0 Å². The first kappa shape index (κ1) is 22.6. The fourth-order valence-electron chi connectivity index (χ4n) is 7.02. The predicted octanol–water partition coefficient (Wildman–Crippen LogP) is 10.2. The number of aryl methyl sites for hydroxylation is 1. The van der Waals surface area contributed by atoms with E-state index in [0.717, 1.165) is 18.4 Å². The van der Waals surface area contributed by atoms with Crippen molar-refractivity contribution in [2.24, 2.45) is 0 Å². The van der Waals surface area contributed by atoms with Crippen molar-refractivity contribution in [3.63, 3.8) is 0 Å². The molecule has 6 aromatic carbocycles. The van der Waals surface area contributed by atoms with Crippen LogP contribution in [0.3, 0.4) is 0 Å². The van der Waals surface area contributed by atoms with Crippen molar-refractivity contribution in [1.29, 1.82) is 0 Å². The second-order valence-corrected chi connectivity index (χ2v) is 11.1. The fraction of sp³-hybridized carbons (Fsp3) is 0.0513. The van der Waals surface area contributed by atoms with Crippen molar-refractivity contribution in [2.45, 2.75) is 12.8 Å². The zero-order chi connectivity index (χ0) is 26.9. The Hall–Kier alpha value is -5.21. The van der Waals surface area contributed by atoms with E-state index in [2.05, 4.69) is 138 Å². The van der Waals surface area contributed by atoms with Crippen LogP contribution in [0.5, 0.6) is 0 Å². The first-order valence-electron chi connectivity index (χ1n) is 14.4. The lowest BCUT2D eigenvalue weighted by atomic mass is 9.90. The molecule has 0 saturated heterocycles. The summed E-state index contributed by atoms with van der Waals surface area (Å²) in [6.45, 7) is 0. The third-order valence-corrected chi connectivity index (χ3v) is 8.88. The quantitative estimate of drug-likeness (QED) is 0.206. The molecule has 1 aliphatic rings. The molecule has 0 spiro atoms. The normalized spacial score (nSPS) is 13.1. The number of allylic oxidation sites excluding steroid dienone is 1. The van der Waals surface area contributed by atoms with E-state index >= 15 is 0 Å². The molecule has 41 heavy (non-hydrogen) atoms. The second-order valence-electron chi connectivity index (χ2n) is 11.1. The molecule has 8 aromatic rings. The predicted molar refractivity (Wildman–Crippen MR) is 173 cm³/mol. The molecule has 9 rings (SSSR count). The van der Waals surface area contributed by atoms with Crippen LogP contribution in [0, 0.1) is 0 Å². The number of hydrogen-bond donors (Lipinski definition) is 0. The molecule has 0 saturated carbocycles. The van der Waals surface area contributed by atoms with Crippen LogP contribution < -0.4 is 0 Å². The van der Waals surface area contributed by atoms with Gasteiger partial charge >= 0.3 is 0 Å². The largest absolute Gasteiger partial charge is 0.309 e. The van der Waals surface area contributed by atoms with Crippen LogP contribution in [0.15, 0.2) is 128 Å². The van der Waals surface area contributed by atoms with Gasteiger partial charge in [0.25, 0.3) is 0 Å². The van der Waals surface area contributed by atoms with Crippen LogP contribution in [-0.2, 0) is 6.42 Å². The van der Waals surface area contributed by atoms with Crippen molar-refractivity contribution in [3.05, 3.63) is 139 Å². The van der Waals surface area contributed by atoms with Gasteiger partial charge in [-0.15, -0.1) is 0 Å². The van der Waals surface area contributed by atoms with Crippen LogP contribution in [0.25, 0.3) is 77.2 Å². The van der Waals surface area contributed by atoms with E-state index < -0.39 is 0 Å². The molecular formula is C39H26N2. The number of aromatic nitrogens is 2. The van der Waals surface area contributed by atoms with E-state index in [9.17, 15) is 0 Å². The van der Waals surface area contributed by atoms with E-state index in [1.165, 1.54) is 76.9 Å². The first-order valence-corrected chi connectivity index (χ1v) is 14.4. The molecule has 0 bridgehead atoms. The van der Waals surface area contributed by atoms with Gasteiger partial charge in [-0.05, 0) is 80.0 Å². The van der Waals surface area contributed by atoms with E-state index in [1.54, 1.807) is 0 Å². The Bertz CT molecular complexity index is 2350. The zero-order valence-corrected chi connectivity index (χ0v) is 22.5. The third kappa shape index (κ3) is 3.28. The van der Waals surface area contributed by atoms with Crippen LogP contribution >= 0.6 is 0 Å². The zero-order valence-electron chi connectivity index (χ0n) is 22.5. The van der Waals surface area contributed by atoms with E-state index in [0.29, 0.717) is 0 Å². The van der Waals surface area contributed by atoms with Crippen molar-refractivity contribution >= 4 is 54.9 Å². The number of benzene rings is 6. The molecule has 2 heterocycles. The maximum absolute atomic E-state index is 4.85.